The topological polar surface area (TPSA) is 131 Å². The van der Waals surface area contributed by atoms with Gasteiger partial charge >= 0.3 is 5.76 Å². The van der Waals surface area contributed by atoms with Gasteiger partial charge in [-0.25, -0.2) is 27.0 Å². The largest absolute Gasteiger partial charge is 0.419 e. The lowest BCUT2D eigenvalue weighted by Gasteiger charge is -2.11. The number of nitrogens with one attached hydrogen (secondary N) is 3. The molecule has 0 spiro atoms. The highest BCUT2D eigenvalue weighted by molar-refractivity contribution is 7.92. The van der Waals surface area contributed by atoms with E-state index in [0.29, 0.717) is 16.8 Å². The van der Waals surface area contributed by atoms with Crippen LogP contribution >= 0.6 is 0 Å². The first-order chi connectivity index (χ1) is 15.1. The van der Waals surface area contributed by atoms with Crippen molar-refractivity contribution in [1.29, 1.82) is 0 Å². The monoisotopic (exact) mass is 462 g/mol. The quantitative estimate of drug-likeness (QED) is 0.399. The molecule has 3 N–H and O–H groups in total. The van der Waals surface area contributed by atoms with Gasteiger partial charge in [0.25, 0.3) is 0 Å². The van der Waals surface area contributed by atoms with Gasteiger partial charge in [-0.3, -0.25) is 9.29 Å². The number of benzene rings is 2. The summed E-state index contributed by atoms with van der Waals surface area (Å²) in [6.07, 6.45) is 1.83. The van der Waals surface area contributed by atoms with Crippen molar-refractivity contribution in [3.8, 4) is 0 Å². The Balaban J connectivity index is 1.60. The molecule has 0 radical (unpaired) electrons. The summed E-state index contributed by atoms with van der Waals surface area (Å²) in [5.74, 6) is -2.22. The molecule has 0 unspecified atom stereocenters. The highest BCUT2D eigenvalue weighted by Gasteiger charge is 2.12. The van der Waals surface area contributed by atoms with Crippen LogP contribution in [0.4, 0.5) is 37.6 Å². The molecule has 2 heterocycles. The standard InChI is InChI=1S/C19H16F2N6O4S/c1-27-15-8-11(4-6-16(15)31-19(27)28)23-17-13(21)9-22-18(25-17)24-10-3-5-12(20)14(7-10)26-32(2,29)30/h3-9,26H,1-2H3,(H2,22,23,24,25). The van der Waals surface area contributed by atoms with Gasteiger partial charge in [0.1, 0.15) is 5.82 Å². The summed E-state index contributed by atoms with van der Waals surface area (Å²) in [6.45, 7) is 0. The molecule has 0 aliphatic carbocycles. The average Bonchev–Trinajstić information content (AvgIpc) is 3.00. The third kappa shape index (κ3) is 4.51. The van der Waals surface area contributed by atoms with Crippen LogP contribution < -0.4 is 21.1 Å². The maximum atomic E-state index is 14.3. The van der Waals surface area contributed by atoms with E-state index in [1.165, 1.54) is 16.7 Å². The second kappa shape index (κ2) is 7.92. The Labute approximate surface area is 180 Å². The molecule has 10 nitrogen and oxygen atoms in total. The van der Waals surface area contributed by atoms with Crippen LogP contribution in [-0.2, 0) is 17.1 Å². The average molecular weight is 462 g/mol. The maximum Gasteiger partial charge on any atom is 0.419 e. The molecular weight excluding hydrogens is 446 g/mol. The normalized spacial score (nSPS) is 11.5. The van der Waals surface area contributed by atoms with Crippen molar-refractivity contribution in [3.05, 3.63) is 64.8 Å². The highest BCUT2D eigenvalue weighted by Crippen LogP contribution is 2.25. The van der Waals surface area contributed by atoms with Crippen LogP contribution in [0.25, 0.3) is 11.1 Å². The summed E-state index contributed by atoms with van der Waals surface area (Å²) in [5, 5.41) is 5.57. The SMILES string of the molecule is Cn1c(=O)oc2ccc(Nc3nc(Nc4ccc(F)c(NS(C)(=O)=O)c4)ncc3F)cc21. The molecule has 4 rings (SSSR count). The van der Waals surface area contributed by atoms with Crippen molar-refractivity contribution in [3.63, 3.8) is 0 Å². The van der Waals surface area contributed by atoms with Gasteiger partial charge in [-0.2, -0.15) is 4.98 Å². The zero-order chi connectivity index (χ0) is 23.0. The van der Waals surface area contributed by atoms with E-state index >= 15 is 0 Å². The molecule has 0 aliphatic heterocycles. The second-order valence-corrected chi connectivity index (χ2v) is 8.57. The molecule has 2 aromatic heterocycles. The first-order valence-corrected chi connectivity index (χ1v) is 10.9. The number of fused-ring (bicyclic) bond motifs is 1. The molecular formula is C19H16F2N6O4S. The highest BCUT2D eigenvalue weighted by atomic mass is 32.2. The van der Waals surface area contributed by atoms with E-state index in [-0.39, 0.29) is 23.1 Å². The van der Waals surface area contributed by atoms with E-state index in [1.54, 1.807) is 25.2 Å². The number of hydrogen-bond donors (Lipinski definition) is 3. The summed E-state index contributed by atoms with van der Waals surface area (Å²) in [7, 11) is -2.15. The number of aromatic nitrogens is 3. The predicted molar refractivity (Wildman–Crippen MR) is 115 cm³/mol. The Hall–Kier alpha value is -4.00. The molecule has 0 atom stereocenters. The van der Waals surface area contributed by atoms with E-state index in [1.807, 2.05) is 0 Å². The van der Waals surface area contributed by atoms with Crippen LogP contribution in [0.2, 0.25) is 0 Å². The van der Waals surface area contributed by atoms with Crippen LogP contribution in [0.15, 0.2) is 51.8 Å². The maximum absolute atomic E-state index is 14.3. The molecule has 0 saturated carbocycles. The van der Waals surface area contributed by atoms with E-state index in [2.05, 4.69) is 25.3 Å². The number of aryl methyl sites for hydroxylation is 1. The molecule has 0 aliphatic rings. The fourth-order valence-electron chi connectivity index (χ4n) is 2.87. The van der Waals surface area contributed by atoms with Gasteiger partial charge < -0.3 is 15.1 Å². The number of rotatable bonds is 6. The summed E-state index contributed by atoms with van der Waals surface area (Å²) >= 11 is 0. The van der Waals surface area contributed by atoms with Crippen LogP contribution in [0.1, 0.15) is 0 Å². The van der Waals surface area contributed by atoms with Crippen molar-refractivity contribution in [1.82, 2.24) is 14.5 Å². The second-order valence-electron chi connectivity index (χ2n) is 6.82. The number of hydrogen-bond acceptors (Lipinski definition) is 8. The molecule has 13 heteroatoms. The molecule has 0 fully saturated rings. The lowest BCUT2D eigenvalue weighted by Crippen LogP contribution is -2.11. The summed E-state index contributed by atoms with van der Waals surface area (Å²) in [5.41, 5.74) is 1.33. The Morgan fingerprint density at radius 1 is 1.03 bits per heavy atom. The van der Waals surface area contributed by atoms with Crippen LogP contribution in [0, 0.1) is 11.6 Å². The van der Waals surface area contributed by atoms with Gasteiger partial charge in [-0.15, -0.1) is 0 Å². The number of sulfonamides is 1. The minimum absolute atomic E-state index is 0.0254. The fraction of sp³-hybridized carbons (Fsp3) is 0.105. The van der Waals surface area contributed by atoms with Gasteiger partial charge in [0, 0.05) is 18.4 Å². The number of anilines is 5. The first kappa shape index (κ1) is 21.2. The Morgan fingerprint density at radius 2 is 1.75 bits per heavy atom. The minimum atomic E-state index is -3.69. The third-order valence-corrected chi connectivity index (χ3v) is 4.91. The molecule has 0 saturated heterocycles. The first-order valence-electron chi connectivity index (χ1n) is 9.02. The van der Waals surface area contributed by atoms with E-state index < -0.39 is 27.4 Å². The van der Waals surface area contributed by atoms with E-state index in [9.17, 15) is 22.0 Å². The molecule has 0 amide bonds. The van der Waals surface area contributed by atoms with Crippen LogP contribution in [0.5, 0.6) is 0 Å². The molecule has 32 heavy (non-hydrogen) atoms. The Morgan fingerprint density at radius 3 is 2.50 bits per heavy atom. The molecule has 0 bridgehead atoms. The molecule has 4 aromatic rings. The zero-order valence-corrected chi connectivity index (χ0v) is 17.5. The van der Waals surface area contributed by atoms with Crippen molar-refractivity contribution < 1.29 is 21.6 Å². The summed E-state index contributed by atoms with van der Waals surface area (Å²) < 4.78 is 59.3. The van der Waals surface area contributed by atoms with Gasteiger partial charge in [0.2, 0.25) is 16.0 Å². The van der Waals surface area contributed by atoms with Crippen molar-refractivity contribution in [2.45, 2.75) is 0 Å². The van der Waals surface area contributed by atoms with Gasteiger partial charge in [-0.1, -0.05) is 0 Å². The van der Waals surface area contributed by atoms with Crippen molar-refractivity contribution in [2.24, 2.45) is 7.05 Å². The fourth-order valence-corrected chi connectivity index (χ4v) is 3.42. The van der Waals surface area contributed by atoms with E-state index in [4.69, 9.17) is 4.42 Å². The zero-order valence-electron chi connectivity index (χ0n) is 16.7. The summed E-state index contributed by atoms with van der Waals surface area (Å²) in [4.78, 5) is 19.5. The Bertz CT molecular complexity index is 1500. The Kier molecular flexibility index (Phi) is 5.26. The van der Waals surface area contributed by atoms with Gasteiger partial charge in [0.15, 0.2) is 17.2 Å². The molecule has 2 aromatic carbocycles. The smallest absolute Gasteiger partial charge is 0.408 e. The van der Waals surface area contributed by atoms with Crippen LogP contribution in [0.3, 0.4) is 0 Å². The van der Waals surface area contributed by atoms with Gasteiger partial charge in [-0.05, 0) is 36.4 Å². The van der Waals surface area contributed by atoms with Gasteiger partial charge in [0.05, 0.1) is 23.7 Å². The molecule has 166 valence electrons. The number of nitrogens with zero attached hydrogens (tertiary/aromatic N) is 3. The van der Waals surface area contributed by atoms with Crippen molar-refractivity contribution in [2.75, 3.05) is 21.6 Å². The predicted octanol–water partition coefficient (Wildman–Crippen LogP) is 3.06. The van der Waals surface area contributed by atoms with Crippen molar-refractivity contribution >= 4 is 50.0 Å². The summed E-state index contributed by atoms with van der Waals surface area (Å²) in [6, 6.07) is 8.36. The van der Waals surface area contributed by atoms with E-state index in [0.717, 1.165) is 18.5 Å². The lowest BCUT2D eigenvalue weighted by molar-refractivity contribution is 0.528. The number of halogens is 2. The van der Waals surface area contributed by atoms with Crippen LogP contribution in [-0.4, -0.2) is 29.2 Å². The number of oxazole rings is 1. The minimum Gasteiger partial charge on any atom is -0.408 e. The lowest BCUT2D eigenvalue weighted by atomic mass is 10.2. The third-order valence-electron chi connectivity index (χ3n) is 4.32.